The summed E-state index contributed by atoms with van der Waals surface area (Å²) in [5.74, 6) is 0.598. The molecule has 0 N–H and O–H groups in total. The average Bonchev–Trinajstić information content (AvgIpc) is 2.97. The minimum atomic E-state index is -0.488. The summed E-state index contributed by atoms with van der Waals surface area (Å²) >= 11 is 0. The molecule has 1 aromatic heterocycles. The van der Waals surface area contributed by atoms with Gasteiger partial charge in [0.15, 0.2) is 5.43 Å². The highest BCUT2D eigenvalue weighted by atomic mass is 16.5. The van der Waals surface area contributed by atoms with Crippen LogP contribution in [0.3, 0.4) is 0 Å². The number of carbonyl (C=O) groups is 1. The number of unbranched alkanes of at least 4 members (excludes halogenated alkanes) is 2. The van der Waals surface area contributed by atoms with Crippen molar-refractivity contribution in [2.45, 2.75) is 39.2 Å². The van der Waals surface area contributed by atoms with Crippen molar-refractivity contribution in [1.29, 1.82) is 0 Å². The van der Waals surface area contributed by atoms with Crippen LogP contribution in [0.5, 0.6) is 5.75 Å². The van der Waals surface area contributed by atoms with Crippen LogP contribution in [0.15, 0.2) is 51.7 Å². The lowest BCUT2D eigenvalue weighted by Gasteiger charge is -2.21. The lowest BCUT2D eigenvalue weighted by molar-refractivity contribution is 0.0771. The first-order chi connectivity index (χ1) is 14.0. The second-order valence-corrected chi connectivity index (χ2v) is 7.62. The number of fused-ring (bicyclic) bond motifs is 2. The molecule has 4 rings (SSSR count). The molecule has 5 nitrogen and oxygen atoms in total. The molecular formula is C24H25NO4. The summed E-state index contributed by atoms with van der Waals surface area (Å²) < 4.78 is 11.7. The summed E-state index contributed by atoms with van der Waals surface area (Å²) in [6.07, 6.45) is 3.26. The largest absolute Gasteiger partial charge is 0.494 e. The summed E-state index contributed by atoms with van der Waals surface area (Å²) in [6.45, 7) is 4.74. The molecule has 5 heteroatoms. The summed E-state index contributed by atoms with van der Waals surface area (Å²) in [7, 11) is 1.70. The molecule has 29 heavy (non-hydrogen) atoms. The Morgan fingerprint density at radius 1 is 1.10 bits per heavy atom. The molecule has 2 heterocycles. The van der Waals surface area contributed by atoms with Gasteiger partial charge in [0.1, 0.15) is 11.3 Å². The van der Waals surface area contributed by atoms with E-state index < -0.39 is 6.04 Å². The number of ether oxygens (including phenoxy) is 1. The predicted octanol–water partition coefficient (Wildman–Crippen LogP) is 4.85. The fourth-order valence-electron chi connectivity index (χ4n) is 3.91. The standard InChI is InChI=1S/C24H25NO4/c1-4-5-6-12-28-17-9-7-8-16(14-17)21-20-22(26)18-13-15(2)10-11-19(18)29-23(20)24(27)25(21)3/h7-11,13-14,21H,4-6,12H2,1-3H3. The molecule has 2 aromatic carbocycles. The third-order valence-electron chi connectivity index (χ3n) is 5.45. The molecule has 0 saturated heterocycles. The number of hydrogen-bond donors (Lipinski definition) is 0. The van der Waals surface area contributed by atoms with Crippen LogP contribution in [-0.2, 0) is 0 Å². The van der Waals surface area contributed by atoms with E-state index in [4.69, 9.17) is 9.15 Å². The Morgan fingerprint density at radius 3 is 2.72 bits per heavy atom. The normalized spacial score (nSPS) is 15.8. The summed E-state index contributed by atoms with van der Waals surface area (Å²) in [4.78, 5) is 27.7. The average molecular weight is 391 g/mol. The second kappa shape index (κ2) is 7.74. The minimum Gasteiger partial charge on any atom is -0.494 e. The van der Waals surface area contributed by atoms with Crippen LogP contribution in [0.25, 0.3) is 11.0 Å². The van der Waals surface area contributed by atoms with E-state index >= 15 is 0 Å². The Balaban J connectivity index is 1.77. The van der Waals surface area contributed by atoms with Gasteiger partial charge in [0.2, 0.25) is 5.76 Å². The van der Waals surface area contributed by atoms with Gasteiger partial charge in [-0.1, -0.05) is 43.5 Å². The zero-order chi connectivity index (χ0) is 20.5. The monoisotopic (exact) mass is 391 g/mol. The van der Waals surface area contributed by atoms with Gasteiger partial charge in [-0.3, -0.25) is 9.59 Å². The molecular weight excluding hydrogens is 366 g/mol. The van der Waals surface area contributed by atoms with Gasteiger partial charge in [0.25, 0.3) is 5.91 Å². The van der Waals surface area contributed by atoms with Gasteiger partial charge in [0.05, 0.1) is 23.6 Å². The third kappa shape index (κ3) is 3.41. The lowest BCUT2D eigenvalue weighted by atomic mass is 9.98. The van der Waals surface area contributed by atoms with Crippen molar-refractivity contribution >= 4 is 16.9 Å². The topological polar surface area (TPSA) is 59.8 Å². The van der Waals surface area contributed by atoms with Gasteiger partial charge >= 0.3 is 0 Å². The zero-order valence-electron chi connectivity index (χ0n) is 17.0. The molecule has 150 valence electrons. The quantitative estimate of drug-likeness (QED) is 0.564. The van der Waals surface area contributed by atoms with Crippen molar-refractivity contribution in [3.8, 4) is 5.75 Å². The van der Waals surface area contributed by atoms with Crippen molar-refractivity contribution in [3.05, 3.63) is 75.1 Å². The maximum Gasteiger partial charge on any atom is 0.290 e. The van der Waals surface area contributed by atoms with Crippen molar-refractivity contribution in [2.75, 3.05) is 13.7 Å². The van der Waals surface area contributed by atoms with Gasteiger partial charge in [0, 0.05) is 7.05 Å². The molecule has 0 bridgehead atoms. The van der Waals surface area contributed by atoms with Crippen LogP contribution in [0.4, 0.5) is 0 Å². The third-order valence-corrected chi connectivity index (χ3v) is 5.45. The number of carbonyl (C=O) groups excluding carboxylic acids is 1. The van der Waals surface area contributed by atoms with E-state index in [-0.39, 0.29) is 17.1 Å². The number of aryl methyl sites for hydroxylation is 1. The molecule has 1 amide bonds. The number of nitrogens with zero attached hydrogens (tertiary/aromatic N) is 1. The highest BCUT2D eigenvalue weighted by molar-refractivity contribution is 5.98. The van der Waals surface area contributed by atoms with Gasteiger partial charge in [-0.15, -0.1) is 0 Å². The number of rotatable bonds is 6. The highest BCUT2D eigenvalue weighted by Gasteiger charge is 2.40. The van der Waals surface area contributed by atoms with Crippen LogP contribution >= 0.6 is 0 Å². The molecule has 0 saturated carbocycles. The van der Waals surface area contributed by atoms with Crippen molar-refractivity contribution in [1.82, 2.24) is 4.90 Å². The molecule has 0 spiro atoms. The fourth-order valence-corrected chi connectivity index (χ4v) is 3.91. The smallest absolute Gasteiger partial charge is 0.290 e. The molecule has 1 aliphatic rings. The second-order valence-electron chi connectivity index (χ2n) is 7.62. The van der Waals surface area contributed by atoms with Crippen LogP contribution in [-0.4, -0.2) is 24.5 Å². The van der Waals surface area contributed by atoms with E-state index in [2.05, 4.69) is 6.92 Å². The molecule has 1 unspecified atom stereocenters. The predicted molar refractivity (Wildman–Crippen MR) is 113 cm³/mol. The number of amides is 1. The molecule has 3 aromatic rings. The molecule has 0 aliphatic carbocycles. The van der Waals surface area contributed by atoms with Crippen LogP contribution < -0.4 is 10.2 Å². The zero-order valence-corrected chi connectivity index (χ0v) is 17.0. The SMILES string of the molecule is CCCCCOc1cccc(C2c3c(oc4ccc(C)cc4c3=O)C(=O)N2C)c1. The van der Waals surface area contributed by atoms with E-state index in [1.54, 1.807) is 18.0 Å². The van der Waals surface area contributed by atoms with E-state index in [0.29, 0.717) is 23.1 Å². The summed E-state index contributed by atoms with van der Waals surface area (Å²) in [6, 6.07) is 12.6. The van der Waals surface area contributed by atoms with Crippen molar-refractivity contribution < 1.29 is 13.9 Å². The van der Waals surface area contributed by atoms with Crippen LogP contribution in [0.2, 0.25) is 0 Å². The van der Waals surface area contributed by atoms with Crippen LogP contribution in [0, 0.1) is 6.92 Å². The first-order valence-electron chi connectivity index (χ1n) is 10.1. The Labute approximate surface area is 169 Å². The van der Waals surface area contributed by atoms with Gasteiger partial charge < -0.3 is 14.1 Å². The first kappa shape index (κ1) is 19.2. The fraction of sp³-hybridized carbons (Fsp3) is 0.333. The minimum absolute atomic E-state index is 0.133. The molecule has 1 aliphatic heterocycles. The van der Waals surface area contributed by atoms with Gasteiger partial charge in [-0.2, -0.15) is 0 Å². The molecule has 0 fully saturated rings. The van der Waals surface area contributed by atoms with Crippen molar-refractivity contribution in [3.63, 3.8) is 0 Å². The number of benzene rings is 2. The van der Waals surface area contributed by atoms with E-state index in [0.717, 1.165) is 36.1 Å². The van der Waals surface area contributed by atoms with E-state index in [1.807, 2.05) is 43.3 Å². The first-order valence-corrected chi connectivity index (χ1v) is 10.1. The molecule has 1 atom stereocenters. The van der Waals surface area contributed by atoms with Gasteiger partial charge in [-0.25, -0.2) is 0 Å². The van der Waals surface area contributed by atoms with Gasteiger partial charge in [-0.05, 0) is 43.2 Å². The Morgan fingerprint density at radius 2 is 1.93 bits per heavy atom. The lowest BCUT2D eigenvalue weighted by Crippen LogP contribution is -2.25. The van der Waals surface area contributed by atoms with E-state index in [1.165, 1.54) is 0 Å². The maximum absolute atomic E-state index is 13.3. The molecule has 0 radical (unpaired) electrons. The summed E-state index contributed by atoms with van der Waals surface area (Å²) in [5, 5.41) is 0.504. The van der Waals surface area contributed by atoms with Crippen LogP contribution in [0.1, 0.15) is 59.5 Å². The van der Waals surface area contributed by atoms with E-state index in [9.17, 15) is 9.59 Å². The highest BCUT2D eigenvalue weighted by Crippen LogP contribution is 2.38. The number of hydrogen-bond acceptors (Lipinski definition) is 4. The Kier molecular flexibility index (Phi) is 5.14. The maximum atomic E-state index is 13.3. The Bertz CT molecular complexity index is 1130. The van der Waals surface area contributed by atoms with Crippen molar-refractivity contribution in [2.24, 2.45) is 0 Å². The Hall–Kier alpha value is -3.08. The summed E-state index contributed by atoms with van der Waals surface area (Å²) in [5.41, 5.74) is 2.50.